The summed E-state index contributed by atoms with van der Waals surface area (Å²) in [5.74, 6) is 0.0248. The summed E-state index contributed by atoms with van der Waals surface area (Å²) < 4.78 is 0. The summed E-state index contributed by atoms with van der Waals surface area (Å²) in [4.78, 5) is 11.7. The van der Waals surface area contributed by atoms with E-state index in [0.29, 0.717) is 6.04 Å². The van der Waals surface area contributed by atoms with Crippen molar-refractivity contribution in [2.75, 3.05) is 0 Å². The van der Waals surface area contributed by atoms with Gasteiger partial charge in [-0.15, -0.1) is 0 Å². The number of hydrogen-bond acceptors (Lipinski definition) is 2. The van der Waals surface area contributed by atoms with Crippen LogP contribution in [0.5, 0.6) is 0 Å². The van der Waals surface area contributed by atoms with E-state index in [1.54, 1.807) is 0 Å². The Balaban J connectivity index is 2.44. The van der Waals surface area contributed by atoms with Gasteiger partial charge in [-0.3, -0.25) is 4.79 Å². The maximum absolute atomic E-state index is 11.7. The van der Waals surface area contributed by atoms with Gasteiger partial charge < -0.3 is 11.1 Å². The number of nitrogens with one attached hydrogen (secondary N) is 1. The Morgan fingerprint density at radius 1 is 1.60 bits per heavy atom. The molecule has 88 valence electrons. The average Bonchev–Trinajstić information content (AvgIpc) is 2.46. The summed E-state index contributed by atoms with van der Waals surface area (Å²) in [5, 5.41) is 3.09. The molecule has 0 aromatic heterocycles. The maximum atomic E-state index is 11.7. The fourth-order valence-corrected chi connectivity index (χ4v) is 2.32. The number of carbonyl (C=O) groups excluding carboxylic acids is 1. The van der Waals surface area contributed by atoms with Crippen molar-refractivity contribution < 1.29 is 4.79 Å². The SMILES string of the molecule is CCCC(N)C(=O)NC1CCCC1(C)C. The van der Waals surface area contributed by atoms with E-state index in [1.165, 1.54) is 12.8 Å². The minimum absolute atomic E-state index is 0.0248. The standard InChI is InChI=1S/C12H24N2O/c1-4-6-9(13)11(15)14-10-7-5-8-12(10,2)3/h9-10H,4-8,13H2,1-3H3,(H,14,15). The number of carbonyl (C=O) groups is 1. The van der Waals surface area contributed by atoms with Crippen molar-refractivity contribution in [2.24, 2.45) is 11.1 Å². The highest BCUT2D eigenvalue weighted by atomic mass is 16.2. The quantitative estimate of drug-likeness (QED) is 0.746. The van der Waals surface area contributed by atoms with Crippen LogP contribution in [-0.2, 0) is 4.79 Å². The minimum Gasteiger partial charge on any atom is -0.351 e. The van der Waals surface area contributed by atoms with E-state index in [4.69, 9.17) is 5.73 Å². The van der Waals surface area contributed by atoms with Crippen LogP contribution in [0.15, 0.2) is 0 Å². The molecule has 0 spiro atoms. The van der Waals surface area contributed by atoms with Crippen molar-refractivity contribution in [3.8, 4) is 0 Å². The first-order valence-electron chi connectivity index (χ1n) is 6.03. The van der Waals surface area contributed by atoms with Crippen molar-refractivity contribution in [2.45, 2.75) is 65.0 Å². The molecule has 1 amide bonds. The van der Waals surface area contributed by atoms with Crippen LogP contribution in [0, 0.1) is 5.41 Å². The molecule has 2 atom stereocenters. The molecular formula is C12H24N2O. The zero-order valence-corrected chi connectivity index (χ0v) is 10.2. The number of nitrogens with two attached hydrogens (primary N) is 1. The minimum atomic E-state index is -0.327. The third-order valence-corrected chi connectivity index (χ3v) is 3.51. The van der Waals surface area contributed by atoms with Crippen molar-refractivity contribution in [1.29, 1.82) is 0 Å². The van der Waals surface area contributed by atoms with Crippen LogP contribution in [0.25, 0.3) is 0 Å². The maximum Gasteiger partial charge on any atom is 0.237 e. The third kappa shape index (κ3) is 3.20. The van der Waals surface area contributed by atoms with Crippen LogP contribution >= 0.6 is 0 Å². The molecule has 1 aliphatic carbocycles. The average molecular weight is 212 g/mol. The lowest BCUT2D eigenvalue weighted by Gasteiger charge is -2.28. The Labute approximate surface area is 92.8 Å². The molecule has 3 heteroatoms. The lowest BCUT2D eigenvalue weighted by molar-refractivity contribution is -0.123. The van der Waals surface area contributed by atoms with E-state index in [-0.39, 0.29) is 17.4 Å². The second kappa shape index (κ2) is 4.97. The molecule has 3 N–H and O–H groups in total. The first-order valence-corrected chi connectivity index (χ1v) is 6.03. The first kappa shape index (κ1) is 12.5. The molecule has 2 unspecified atom stereocenters. The van der Waals surface area contributed by atoms with E-state index in [0.717, 1.165) is 19.3 Å². The summed E-state index contributed by atoms with van der Waals surface area (Å²) in [6.45, 7) is 6.49. The number of amides is 1. The van der Waals surface area contributed by atoms with E-state index >= 15 is 0 Å². The van der Waals surface area contributed by atoms with Crippen LogP contribution in [0.1, 0.15) is 52.9 Å². The highest BCUT2D eigenvalue weighted by Crippen LogP contribution is 2.37. The molecule has 0 saturated heterocycles. The summed E-state index contributed by atoms with van der Waals surface area (Å²) >= 11 is 0. The van der Waals surface area contributed by atoms with Gasteiger partial charge in [-0.05, 0) is 24.7 Å². The van der Waals surface area contributed by atoms with Crippen LogP contribution in [0.3, 0.4) is 0 Å². The molecule has 0 aromatic rings. The summed E-state index contributed by atoms with van der Waals surface area (Å²) in [6.07, 6.45) is 5.24. The van der Waals surface area contributed by atoms with E-state index in [1.807, 2.05) is 6.92 Å². The Bertz CT molecular complexity index is 226. The second-order valence-corrected chi connectivity index (χ2v) is 5.34. The van der Waals surface area contributed by atoms with Gasteiger partial charge in [0.05, 0.1) is 6.04 Å². The largest absolute Gasteiger partial charge is 0.351 e. The van der Waals surface area contributed by atoms with Crippen LogP contribution < -0.4 is 11.1 Å². The van der Waals surface area contributed by atoms with Crippen molar-refractivity contribution in [3.05, 3.63) is 0 Å². The van der Waals surface area contributed by atoms with Gasteiger partial charge in [0, 0.05) is 6.04 Å². The molecule has 0 aromatic carbocycles. The molecule has 0 heterocycles. The molecule has 0 radical (unpaired) electrons. The van der Waals surface area contributed by atoms with Gasteiger partial charge in [0.2, 0.25) is 5.91 Å². The lowest BCUT2D eigenvalue weighted by atomic mass is 9.87. The van der Waals surface area contributed by atoms with Crippen LogP contribution in [0.4, 0.5) is 0 Å². The summed E-state index contributed by atoms with van der Waals surface area (Å²) in [5.41, 5.74) is 6.02. The van der Waals surface area contributed by atoms with E-state index in [2.05, 4.69) is 19.2 Å². The molecule has 1 aliphatic rings. The van der Waals surface area contributed by atoms with Gasteiger partial charge in [0.25, 0.3) is 0 Å². The van der Waals surface area contributed by atoms with Crippen LogP contribution in [0.2, 0.25) is 0 Å². The predicted octanol–water partition coefficient (Wildman–Crippen LogP) is 1.81. The van der Waals surface area contributed by atoms with Gasteiger partial charge in [-0.1, -0.05) is 33.6 Å². The molecule has 15 heavy (non-hydrogen) atoms. The molecule has 1 rings (SSSR count). The Hall–Kier alpha value is -0.570. The molecule has 0 bridgehead atoms. The van der Waals surface area contributed by atoms with E-state index < -0.39 is 0 Å². The van der Waals surface area contributed by atoms with Gasteiger partial charge in [-0.2, -0.15) is 0 Å². The van der Waals surface area contributed by atoms with E-state index in [9.17, 15) is 4.79 Å². The van der Waals surface area contributed by atoms with Crippen molar-refractivity contribution in [3.63, 3.8) is 0 Å². The molecule has 3 nitrogen and oxygen atoms in total. The fourth-order valence-electron chi connectivity index (χ4n) is 2.32. The molecule has 1 saturated carbocycles. The van der Waals surface area contributed by atoms with Gasteiger partial charge >= 0.3 is 0 Å². The smallest absolute Gasteiger partial charge is 0.237 e. The number of hydrogen-bond donors (Lipinski definition) is 2. The normalized spacial score (nSPS) is 26.3. The lowest BCUT2D eigenvalue weighted by Crippen LogP contribution is -2.48. The highest BCUT2D eigenvalue weighted by Gasteiger charge is 2.35. The van der Waals surface area contributed by atoms with Crippen molar-refractivity contribution in [1.82, 2.24) is 5.32 Å². The Morgan fingerprint density at radius 3 is 2.73 bits per heavy atom. The zero-order valence-electron chi connectivity index (χ0n) is 10.2. The first-order chi connectivity index (χ1) is 6.97. The van der Waals surface area contributed by atoms with Crippen molar-refractivity contribution >= 4 is 5.91 Å². The second-order valence-electron chi connectivity index (χ2n) is 5.34. The van der Waals surface area contributed by atoms with Gasteiger partial charge in [0.1, 0.15) is 0 Å². The Kier molecular flexibility index (Phi) is 4.14. The monoisotopic (exact) mass is 212 g/mol. The van der Waals surface area contributed by atoms with Gasteiger partial charge in [0.15, 0.2) is 0 Å². The fraction of sp³-hybridized carbons (Fsp3) is 0.917. The zero-order chi connectivity index (χ0) is 11.5. The topological polar surface area (TPSA) is 55.1 Å². The molecular weight excluding hydrogens is 188 g/mol. The molecule has 0 aliphatic heterocycles. The summed E-state index contributed by atoms with van der Waals surface area (Å²) in [6, 6.07) is -0.0145. The highest BCUT2D eigenvalue weighted by molar-refractivity contribution is 5.81. The summed E-state index contributed by atoms with van der Waals surface area (Å²) in [7, 11) is 0. The Morgan fingerprint density at radius 2 is 2.27 bits per heavy atom. The predicted molar refractivity (Wildman–Crippen MR) is 62.4 cm³/mol. The van der Waals surface area contributed by atoms with Gasteiger partial charge in [-0.25, -0.2) is 0 Å². The molecule has 1 fully saturated rings. The third-order valence-electron chi connectivity index (χ3n) is 3.51. The van der Waals surface area contributed by atoms with Crippen LogP contribution in [-0.4, -0.2) is 18.0 Å². The number of rotatable bonds is 4.